The van der Waals surface area contributed by atoms with Crippen LogP contribution in [0.15, 0.2) is 12.1 Å². The molecule has 0 bridgehead atoms. The van der Waals surface area contributed by atoms with Gasteiger partial charge < -0.3 is 15.8 Å². The van der Waals surface area contributed by atoms with Crippen molar-refractivity contribution in [3.05, 3.63) is 22.7 Å². The van der Waals surface area contributed by atoms with E-state index in [-0.39, 0.29) is 0 Å². The van der Waals surface area contributed by atoms with Gasteiger partial charge in [-0.05, 0) is 43.2 Å². The monoisotopic (exact) mass is 310 g/mol. The van der Waals surface area contributed by atoms with Gasteiger partial charge in [-0.15, -0.1) is 0 Å². The van der Waals surface area contributed by atoms with E-state index in [9.17, 15) is 4.79 Å². The average molecular weight is 311 g/mol. The zero-order chi connectivity index (χ0) is 15.6. The lowest BCUT2D eigenvalue weighted by Crippen LogP contribution is -2.33. The van der Waals surface area contributed by atoms with Gasteiger partial charge in [-0.2, -0.15) is 0 Å². The summed E-state index contributed by atoms with van der Waals surface area (Å²) in [6.07, 6.45) is 3.43. The fourth-order valence-electron chi connectivity index (χ4n) is 3.11. The van der Waals surface area contributed by atoms with Crippen LogP contribution in [0.3, 0.4) is 0 Å². The number of esters is 1. The minimum Gasteiger partial charge on any atom is -0.465 e. The summed E-state index contributed by atoms with van der Waals surface area (Å²) in [4.78, 5) is 11.9. The Hall–Kier alpha value is -1.42. The van der Waals surface area contributed by atoms with E-state index < -0.39 is 5.97 Å². The second kappa shape index (κ2) is 6.56. The van der Waals surface area contributed by atoms with Gasteiger partial charge in [-0.3, -0.25) is 0 Å². The molecule has 1 aliphatic carbocycles. The molecule has 1 saturated carbocycles. The number of hydrogen-bond acceptors (Lipinski definition) is 4. The number of benzene rings is 1. The van der Waals surface area contributed by atoms with Gasteiger partial charge >= 0.3 is 5.97 Å². The SMILES string of the molecule is COC(=O)c1cc(N)cc(Cl)c1NC1CCC(C)CC1C. The Morgan fingerprint density at radius 1 is 1.38 bits per heavy atom. The van der Waals surface area contributed by atoms with Crippen molar-refractivity contribution in [1.29, 1.82) is 0 Å². The Bertz CT molecular complexity index is 533. The highest BCUT2D eigenvalue weighted by molar-refractivity contribution is 6.34. The summed E-state index contributed by atoms with van der Waals surface area (Å²) in [7, 11) is 1.36. The van der Waals surface area contributed by atoms with Crippen LogP contribution in [-0.2, 0) is 4.74 Å². The van der Waals surface area contributed by atoms with Crippen molar-refractivity contribution in [2.24, 2.45) is 11.8 Å². The number of methoxy groups -OCH3 is 1. The first-order valence-electron chi connectivity index (χ1n) is 7.36. The lowest BCUT2D eigenvalue weighted by molar-refractivity contribution is 0.0601. The van der Waals surface area contributed by atoms with Gasteiger partial charge in [0, 0.05) is 11.7 Å². The van der Waals surface area contributed by atoms with Crippen molar-refractivity contribution in [3.8, 4) is 0 Å². The van der Waals surface area contributed by atoms with Gasteiger partial charge in [-0.25, -0.2) is 4.79 Å². The number of nitrogen functional groups attached to an aromatic ring is 1. The third-order valence-electron chi connectivity index (χ3n) is 4.28. The van der Waals surface area contributed by atoms with Crippen molar-refractivity contribution in [1.82, 2.24) is 0 Å². The van der Waals surface area contributed by atoms with Gasteiger partial charge in [0.25, 0.3) is 0 Å². The molecule has 0 amide bonds. The summed E-state index contributed by atoms with van der Waals surface area (Å²) < 4.78 is 4.83. The summed E-state index contributed by atoms with van der Waals surface area (Å²) in [5, 5.41) is 3.90. The van der Waals surface area contributed by atoms with Crippen molar-refractivity contribution in [2.75, 3.05) is 18.2 Å². The molecule has 1 aromatic rings. The smallest absolute Gasteiger partial charge is 0.340 e. The molecule has 5 heteroatoms. The van der Waals surface area contributed by atoms with E-state index in [0.29, 0.717) is 33.9 Å². The topological polar surface area (TPSA) is 64.3 Å². The molecule has 3 atom stereocenters. The number of anilines is 2. The molecular formula is C16H23ClN2O2. The number of nitrogens with one attached hydrogen (secondary N) is 1. The summed E-state index contributed by atoms with van der Waals surface area (Å²) in [5.41, 5.74) is 7.26. The van der Waals surface area contributed by atoms with Crippen LogP contribution in [0.2, 0.25) is 5.02 Å². The number of carbonyl (C=O) groups excluding carboxylic acids is 1. The molecule has 0 aliphatic heterocycles. The van der Waals surface area contributed by atoms with Gasteiger partial charge in [0.05, 0.1) is 23.4 Å². The number of hydrogen-bond donors (Lipinski definition) is 2. The standard InChI is InChI=1S/C16H23ClN2O2/c1-9-4-5-14(10(2)6-9)19-15-12(16(20)21-3)7-11(18)8-13(15)17/h7-10,14,19H,4-6,18H2,1-3H3. The first-order valence-corrected chi connectivity index (χ1v) is 7.74. The van der Waals surface area contributed by atoms with E-state index in [2.05, 4.69) is 19.2 Å². The molecule has 3 N–H and O–H groups in total. The number of halogens is 1. The largest absolute Gasteiger partial charge is 0.465 e. The van der Waals surface area contributed by atoms with Crippen LogP contribution < -0.4 is 11.1 Å². The zero-order valence-electron chi connectivity index (χ0n) is 12.8. The van der Waals surface area contributed by atoms with Crippen LogP contribution in [-0.4, -0.2) is 19.1 Å². The van der Waals surface area contributed by atoms with Crippen LogP contribution >= 0.6 is 11.6 Å². The maximum atomic E-state index is 11.9. The molecule has 1 fully saturated rings. The van der Waals surface area contributed by atoms with E-state index in [0.717, 1.165) is 12.3 Å². The first kappa shape index (κ1) is 16.0. The van der Waals surface area contributed by atoms with E-state index in [1.807, 2.05) is 0 Å². The lowest BCUT2D eigenvalue weighted by atomic mass is 9.79. The number of carbonyl (C=O) groups is 1. The highest BCUT2D eigenvalue weighted by Gasteiger charge is 2.27. The normalized spacial score (nSPS) is 25.4. The summed E-state index contributed by atoms with van der Waals surface area (Å²) in [5.74, 6) is 0.858. The highest BCUT2D eigenvalue weighted by atomic mass is 35.5. The Morgan fingerprint density at radius 2 is 2.10 bits per heavy atom. The number of ether oxygens (including phenoxy) is 1. The van der Waals surface area contributed by atoms with Crippen molar-refractivity contribution < 1.29 is 9.53 Å². The van der Waals surface area contributed by atoms with Crippen LogP contribution in [0.4, 0.5) is 11.4 Å². The molecule has 0 radical (unpaired) electrons. The third kappa shape index (κ3) is 3.62. The van der Waals surface area contributed by atoms with Crippen molar-refractivity contribution in [3.63, 3.8) is 0 Å². The minimum absolute atomic E-state index is 0.311. The highest BCUT2D eigenvalue weighted by Crippen LogP contribution is 2.35. The molecule has 4 nitrogen and oxygen atoms in total. The van der Waals surface area contributed by atoms with E-state index >= 15 is 0 Å². The van der Waals surface area contributed by atoms with Gasteiger partial charge in [0.2, 0.25) is 0 Å². The maximum Gasteiger partial charge on any atom is 0.340 e. The molecule has 0 aromatic heterocycles. The van der Waals surface area contributed by atoms with E-state index in [4.69, 9.17) is 22.1 Å². The summed E-state index contributed by atoms with van der Waals surface area (Å²) >= 11 is 6.28. The minimum atomic E-state index is -0.427. The summed E-state index contributed by atoms with van der Waals surface area (Å²) in [6.45, 7) is 4.51. The Kier molecular flexibility index (Phi) is 4.99. The molecule has 0 heterocycles. The van der Waals surface area contributed by atoms with E-state index in [1.165, 1.54) is 20.0 Å². The maximum absolute atomic E-state index is 11.9. The van der Waals surface area contributed by atoms with Crippen molar-refractivity contribution in [2.45, 2.75) is 39.2 Å². The zero-order valence-corrected chi connectivity index (χ0v) is 13.5. The third-order valence-corrected chi connectivity index (χ3v) is 4.58. The molecule has 1 aliphatic rings. The first-order chi connectivity index (χ1) is 9.92. The number of nitrogens with two attached hydrogens (primary N) is 1. The van der Waals surface area contributed by atoms with Crippen LogP contribution in [0.5, 0.6) is 0 Å². The molecule has 0 spiro atoms. The quantitative estimate of drug-likeness (QED) is 0.655. The molecule has 2 rings (SSSR count). The predicted molar refractivity (Wildman–Crippen MR) is 86.8 cm³/mol. The van der Waals surface area contributed by atoms with Crippen LogP contribution in [0.1, 0.15) is 43.5 Å². The Balaban J connectivity index is 2.28. The van der Waals surface area contributed by atoms with Crippen LogP contribution in [0.25, 0.3) is 0 Å². The van der Waals surface area contributed by atoms with Gasteiger partial charge in [-0.1, -0.05) is 25.4 Å². The molecule has 21 heavy (non-hydrogen) atoms. The lowest BCUT2D eigenvalue weighted by Gasteiger charge is -2.34. The molecule has 1 aromatic carbocycles. The second-order valence-corrected chi connectivity index (χ2v) is 6.47. The van der Waals surface area contributed by atoms with Crippen LogP contribution in [0, 0.1) is 11.8 Å². The predicted octanol–water partition coefficient (Wildman–Crippen LogP) is 3.95. The van der Waals surface area contributed by atoms with Gasteiger partial charge in [0.15, 0.2) is 0 Å². The van der Waals surface area contributed by atoms with Crippen molar-refractivity contribution >= 4 is 28.9 Å². The Labute approximate surface area is 131 Å². The summed E-state index contributed by atoms with van der Waals surface area (Å²) in [6, 6.07) is 3.58. The fraction of sp³-hybridized carbons (Fsp3) is 0.562. The fourth-order valence-corrected chi connectivity index (χ4v) is 3.39. The average Bonchev–Trinajstić information content (AvgIpc) is 2.42. The Morgan fingerprint density at radius 3 is 2.71 bits per heavy atom. The number of rotatable bonds is 3. The second-order valence-electron chi connectivity index (χ2n) is 6.06. The van der Waals surface area contributed by atoms with Gasteiger partial charge in [0.1, 0.15) is 0 Å². The molecule has 3 unspecified atom stereocenters. The molecule has 116 valence electrons. The molecular weight excluding hydrogens is 288 g/mol. The molecule has 0 saturated heterocycles. The van der Waals surface area contributed by atoms with E-state index in [1.54, 1.807) is 12.1 Å².